The van der Waals surface area contributed by atoms with Crippen LogP contribution in [0.4, 0.5) is 0 Å². The van der Waals surface area contributed by atoms with Gasteiger partial charge in [0, 0.05) is 60.8 Å². The van der Waals surface area contributed by atoms with Gasteiger partial charge in [0.15, 0.2) is 0 Å². The van der Waals surface area contributed by atoms with E-state index in [9.17, 15) is 5.11 Å². The average Bonchev–Trinajstić information content (AvgIpc) is 3.26. The molecule has 7 aromatic rings. The molecule has 0 amide bonds. The van der Waals surface area contributed by atoms with E-state index in [2.05, 4.69) is 88.0 Å². The van der Waals surface area contributed by atoms with Gasteiger partial charge >= 0.3 is 8.38 Å². The summed E-state index contributed by atoms with van der Waals surface area (Å²) in [6, 6.07) is 41.7. The second-order valence-electron chi connectivity index (χ2n) is 12.0. The van der Waals surface area contributed by atoms with E-state index in [0.717, 1.165) is 28.5 Å². The molecule has 1 unspecified atom stereocenters. The fourth-order valence-corrected chi connectivity index (χ4v) is 8.34. The molecule has 296 valence electrons. The zero-order valence-corrected chi connectivity index (χ0v) is 35.3. The lowest BCUT2D eigenvalue weighted by atomic mass is 10.0. The number of aromatic nitrogens is 3. The average molecular weight is 829 g/mol. The SMILES string of the molecule is C=CC=N/C=C\C.CCCc1ccc2ccccc2c1Sc1c(OP(CO)Oc2ccccn2)ccc2ccccc12.CP(Oc1ccccn1)Oc1ccccn1. The number of allylic oxidation sites excluding steroid dienone is 2. The Bertz CT molecular complexity index is 2320. The quantitative estimate of drug-likeness (QED) is 0.0798. The molecule has 0 saturated carbocycles. The molecule has 0 aliphatic carbocycles. The van der Waals surface area contributed by atoms with Crippen molar-refractivity contribution in [3.63, 3.8) is 0 Å². The zero-order chi connectivity index (χ0) is 40.8. The Morgan fingerprint density at radius 2 is 1.21 bits per heavy atom. The van der Waals surface area contributed by atoms with Gasteiger partial charge in [-0.2, -0.15) is 0 Å². The highest BCUT2D eigenvalue weighted by Crippen LogP contribution is 2.48. The van der Waals surface area contributed by atoms with E-state index in [4.69, 9.17) is 18.1 Å². The monoisotopic (exact) mass is 828 g/mol. The number of pyridine rings is 3. The van der Waals surface area contributed by atoms with Crippen LogP contribution in [0.25, 0.3) is 21.5 Å². The number of benzene rings is 4. The number of rotatable bonds is 15. The summed E-state index contributed by atoms with van der Waals surface area (Å²) in [5, 5.41) is 14.7. The fourth-order valence-electron chi connectivity index (χ4n) is 5.35. The number of fused-ring (bicyclic) bond motifs is 2. The molecule has 9 nitrogen and oxygen atoms in total. The molecule has 0 aliphatic rings. The van der Waals surface area contributed by atoms with Crippen molar-refractivity contribution in [3.05, 3.63) is 176 Å². The predicted molar refractivity (Wildman–Crippen MR) is 242 cm³/mol. The molecular weight excluding hydrogens is 783 g/mol. The van der Waals surface area contributed by atoms with Gasteiger partial charge in [-0.05, 0) is 64.7 Å². The van der Waals surface area contributed by atoms with Crippen molar-refractivity contribution in [2.24, 2.45) is 4.99 Å². The van der Waals surface area contributed by atoms with Gasteiger partial charge in [0.2, 0.25) is 17.6 Å². The van der Waals surface area contributed by atoms with E-state index in [1.807, 2.05) is 74.3 Å². The maximum absolute atomic E-state index is 10.0. The molecule has 7 rings (SSSR count). The number of aliphatic hydroxyl groups excluding tert-OH is 1. The first kappa shape index (κ1) is 43.5. The van der Waals surface area contributed by atoms with Gasteiger partial charge in [0.05, 0.1) is 4.90 Å². The van der Waals surface area contributed by atoms with E-state index in [1.54, 1.807) is 67.0 Å². The van der Waals surface area contributed by atoms with Gasteiger partial charge in [-0.3, -0.25) is 4.99 Å². The fraction of sp³-hybridized carbons (Fsp3) is 0.130. The number of aryl methyl sites for hydroxylation is 1. The lowest BCUT2D eigenvalue weighted by Gasteiger charge is -2.20. The van der Waals surface area contributed by atoms with Crippen molar-refractivity contribution in [2.45, 2.75) is 36.5 Å². The molecule has 0 fully saturated rings. The van der Waals surface area contributed by atoms with Gasteiger partial charge in [-0.15, -0.1) is 0 Å². The van der Waals surface area contributed by atoms with Crippen LogP contribution in [-0.4, -0.2) is 39.3 Å². The Kier molecular flexibility index (Phi) is 18.2. The second kappa shape index (κ2) is 24.2. The smallest absolute Gasteiger partial charge is 0.319 e. The van der Waals surface area contributed by atoms with Gasteiger partial charge in [0.1, 0.15) is 12.1 Å². The first-order valence-electron chi connectivity index (χ1n) is 18.6. The summed E-state index contributed by atoms with van der Waals surface area (Å²) >= 11 is 1.73. The number of hydrogen-bond acceptors (Lipinski definition) is 10. The number of nitrogens with zero attached hydrogens (tertiary/aromatic N) is 4. The summed E-state index contributed by atoms with van der Waals surface area (Å²) < 4.78 is 23.2. The molecular formula is C46H46N4O5P2S. The molecule has 58 heavy (non-hydrogen) atoms. The van der Waals surface area contributed by atoms with Crippen molar-refractivity contribution < 1.29 is 23.2 Å². The van der Waals surface area contributed by atoms with Crippen molar-refractivity contribution >= 4 is 56.3 Å². The van der Waals surface area contributed by atoms with Crippen LogP contribution < -0.4 is 18.1 Å². The van der Waals surface area contributed by atoms with Gasteiger partial charge in [-0.1, -0.05) is 129 Å². The summed E-state index contributed by atoms with van der Waals surface area (Å²) in [6.07, 6.45) is 13.7. The summed E-state index contributed by atoms with van der Waals surface area (Å²) in [5.74, 6) is 2.25. The van der Waals surface area contributed by atoms with Crippen LogP contribution in [0.15, 0.2) is 186 Å². The molecule has 0 bridgehead atoms. The van der Waals surface area contributed by atoms with E-state index in [0.29, 0.717) is 23.4 Å². The molecule has 0 aliphatic heterocycles. The molecule has 0 spiro atoms. The van der Waals surface area contributed by atoms with Gasteiger partial charge < -0.3 is 23.2 Å². The van der Waals surface area contributed by atoms with E-state index < -0.39 is 16.8 Å². The highest BCUT2D eigenvalue weighted by molar-refractivity contribution is 8.00. The van der Waals surface area contributed by atoms with E-state index >= 15 is 0 Å². The van der Waals surface area contributed by atoms with Crippen molar-refractivity contribution in [1.82, 2.24) is 15.0 Å². The minimum absolute atomic E-state index is 0.238. The van der Waals surface area contributed by atoms with Gasteiger partial charge in [-0.25, -0.2) is 15.0 Å². The Labute approximate surface area is 347 Å². The van der Waals surface area contributed by atoms with Crippen LogP contribution in [0.1, 0.15) is 25.8 Å². The maximum atomic E-state index is 10.0. The molecule has 0 saturated heterocycles. The Hall–Kier alpha value is -5.63. The molecule has 4 aromatic carbocycles. The van der Waals surface area contributed by atoms with Crippen molar-refractivity contribution in [1.29, 1.82) is 0 Å². The molecule has 0 radical (unpaired) electrons. The van der Waals surface area contributed by atoms with Crippen LogP contribution in [0.5, 0.6) is 23.4 Å². The third-order valence-corrected chi connectivity index (χ3v) is 11.0. The zero-order valence-electron chi connectivity index (χ0n) is 32.7. The maximum Gasteiger partial charge on any atom is 0.319 e. The lowest BCUT2D eigenvalue weighted by molar-refractivity contribution is 0.333. The summed E-state index contributed by atoms with van der Waals surface area (Å²) in [6.45, 7) is 9.43. The summed E-state index contributed by atoms with van der Waals surface area (Å²) in [7, 11) is -2.68. The minimum Gasteiger partial charge on any atom is -0.436 e. The van der Waals surface area contributed by atoms with Crippen LogP contribution in [0.3, 0.4) is 0 Å². The largest absolute Gasteiger partial charge is 0.436 e. The molecule has 1 atom stereocenters. The van der Waals surface area contributed by atoms with E-state index in [1.165, 1.54) is 21.2 Å². The highest BCUT2D eigenvalue weighted by Gasteiger charge is 2.20. The lowest BCUT2D eigenvalue weighted by Crippen LogP contribution is -2.01. The van der Waals surface area contributed by atoms with Crippen molar-refractivity contribution in [2.75, 3.05) is 13.0 Å². The van der Waals surface area contributed by atoms with Crippen LogP contribution in [0, 0.1) is 0 Å². The minimum atomic E-state index is -1.63. The first-order chi connectivity index (χ1) is 28.5. The standard InChI is InChI=1S/C29H26NO3PS.C11H11N2O2P.C6H9N/c1-2-9-23-16-15-21-10-3-5-12-24(21)28(23)35-29-25-13-6-4-11-22(25)17-18-26(29)32-34(20-31)33-27-14-7-8-19-30-27;1-16(14-10-6-2-4-8-12-10)15-11-7-3-5-9-13-11;1-3-5-7-6-4-2/h3-8,10-19,31H,2,9,20H2,1H3;2-9H,1H3;3-6H,1H2,2H3/b;;6-4-,7-5?. The molecule has 3 heterocycles. The second-order valence-corrected chi connectivity index (χ2v) is 15.6. The van der Waals surface area contributed by atoms with Gasteiger partial charge in [0.25, 0.3) is 8.38 Å². The number of aliphatic hydroxyl groups is 1. The third kappa shape index (κ3) is 13.5. The predicted octanol–water partition coefficient (Wildman–Crippen LogP) is 12.9. The van der Waals surface area contributed by atoms with Crippen LogP contribution in [0.2, 0.25) is 0 Å². The normalized spacial score (nSPS) is 11.4. The third-order valence-electron chi connectivity index (χ3n) is 7.82. The number of hydrogen-bond donors (Lipinski definition) is 1. The van der Waals surface area contributed by atoms with Crippen molar-refractivity contribution in [3.8, 4) is 23.4 Å². The molecule has 3 aromatic heterocycles. The first-order valence-corrected chi connectivity index (χ1v) is 22.4. The van der Waals surface area contributed by atoms with Crippen LogP contribution >= 0.6 is 28.5 Å². The topological polar surface area (TPSA) is 108 Å². The Morgan fingerprint density at radius 3 is 1.72 bits per heavy atom. The molecule has 1 N–H and O–H groups in total. The van der Waals surface area contributed by atoms with E-state index in [-0.39, 0.29) is 6.35 Å². The molecule has 12 heteroatoms. The Balaban J connectivity index is 0.000000229. The summed E-state index contributed by atoms with van der Waals surface area (Å²) in [4.78, 5) is 18.4. The number of aliphatic imine (C=N–C) groups is 1. The Morgan fingerprint density at radius 1 is 0.672 bits per heavy atom. The summed E-state index contributed by atoms with van der Waals surface area (Å²) in [5.41, 5.74) is 1.32. The van der Waals surface area contributed by atoms with Crippen LogP contribution in [-0.2, 0) is 6.42 Å². The highest BCUT2D eigenvalue weighted by atomic mass is 32.2.